The number of nitrogens with one attached hydrogen (secondary N) is 1. The molecule has 1 aromatic rings. The third kappa shape index (κ3) is 2.31. The first kappa shape index (κ1) is 13.7. The molecule has 3 nitrogen and oxygen atoms in total. The third-order valence-corrected chi connectivity index (χ3v) is 6.50. The quantitative estimate of drug-likeness (QED) is 0.660. The van der Waals surface area contributed by atoms with Crippen LogP contribution >= 0.6 is 0 Å². The van der Waals surface area contributed by atoms with E-state index in [-0.39, 0.29) is 0 Å². The van der Waals surface area contributed by atoms with Crippen molar-refractivity contribution in [1.29, 1.82) is 0 Å². The van der Waals surface area contributed by atoms with Crippen molar-refractivity contribution in [1.82, 2.24) is 10.4 Å². The third-order valence-electron chi connectivity index (χ3n) is 6.50. The van der Waals surface area contributed by atoms with E-state index in [2.05, 4.69) is 23.4 Å². The molecule has 4 bridgehead atoms. The minimum absolute atomic E-state index is 0.395. The fraction of sp³-hybridized carbons (Fsp3) is 0.722. The van der Waals surface area contributed by atoms with E-state index in [0.29, 0.717) is 16.9 Å². The molecule has 0 aliphatic heterocycles. The van der Waals surface area contributed by atoms with Crippen LogP contribution in [0, 0.1) is 22.7 Å². The molecule has 4 fully saturated rings. The molecule has 114 valence electrons. The lowest BCUT2D eigenvalue weighted by molar-refractivity contribution is -0.118. The highest BCUT2D eigenvalue weighted by Crippen LogP contribution is 2.66. The van der Waals surface area contributed by atoms with Gasteiger partial charge in [-0.3, -0.25) is 16.3 Å². The first-order chi connectivity index (χ1) is 10.1. The van der Waals surface area contributed by atoms with Gasteiger partial charge in [0, 0.05) is 18.4 Å². The van der Waals surface area contributed by atoms with Crippen LogP contribution in [0.3, 0.4) is 0 Å². The van der Waals surface area contributed by atoms with E-state index in [4.69, 9.17) is 5.84 Å². The predicted octanol–water partition coefficient (Wildman–Crippen LogP) is 3.06. The molecule has 0 aromatic carbocycles. The van der Waals surface area contributed by atoms with Crippen molar-refractivity contribution in [3.05, 3.63) is 30.1 Å². The van der Waals surface area contributed by atoms with Gasteiger partial charge in [0.05, 0.1) is 0 Å². The fourth-order valence-electron chi connectivity index (χ4n) is 6.41. The molecule has 0 radical (unpaired) electrons. The smallest absolute Gasteiger partial charge is 0.0308 e. The van der Waals surface area contributed by atoms with E-state index in [1.165, 1.54) is 44.1 Å². The molecular weight excluding hydrogens is 258 g/mol. The van der Waals surface area contributed by atoms with Gasteiger partial charge in [0.15, 0.2) is 0 Å². The second kappa shape index (κ2) is 4.79. The largest absolute Gasteiger partial charge is 0.271 e. The van der Waals surface area contributed by atoms with Crippen molar-refractivity contribution in [2.45, 2.75) is 57.9 Å². The zero-order valence-corrected chi connectivity index (χ0v) is 13.0. The Hall–Kier alpha value is -0.930. The second-order valence-electron chi connectivity index (χ2n) is 8.42. The molecule has 3 atom stereocenters. The maximum absolute atomic E-state index is 6.01. The summed E-state index contributed by atoms with van der Waals surface area (Å²) in [5.74, 6) is 7.91. The number of pyridine rings is 1. The summed E-state index contributed by atoms with van der Waals surface area (Å²) in [5, 5.41) is 0. The van der Waals surface area contributed by atoms with Crippen LogP contribution in [0.15, 0.2) is 24.5 Å². The average molecular weight is 285 g/mol. The van der Waals surface area contributed by atoms with E-state index in [9.17, 15) is 0 Å². The van der Waals surface area contributed by atoms with E-state index >= 15 is 0 Å². The van der Waals surface area contributed by atoms with Crippen molar-refractivity contribution in [2.75, 3.05) is 0 Å². The maximum atomic E-state index is 6.01. The van der Waals surface area contributed by atoms with E-state index in [1.54, 1.807) is 0 Å². The van der Waals surface area contributed by atoms with E-state index < -0.39 is 0 Å². The minimum atomic E-state index is 0.395. The summed E-state index contributed by atoms with van der Waals surface area (Å²) >= 11 is 0. The van der Waals surface area contributed by atoms with Gasteiger partial charge in [-0.1, -0.05) is 13.0 Å². The highest BCUT2D eigenvalue weighted by atomic mass is 15.2. The Morgan fingerprint density at radius 1 is 1.33 bits per heavy atom. The number of nitrogens with two attached hydrogens (primary N) is 1. The second-order valence-corrected chi connectivity index (χ2v) is 8.42. The van der Waals surface area contributed by atoms with Crippen molar-refractivity contribution >= 4 is 0 Å². The van der Waals surface area contributed by atoms with Gasteiger partial charge in [-0.25, -0.2) is 0 Å². The van der Waals surface area contributed by atoms with Gasteiger partial charge in [0.2, 0.25) is 0 Å². The van der Waals surface area contributed by atoms with Crippen LogP contribution in [0.2, 0.25) is 0 Å². The summed E-state index contributed by atoms with van der Waals surface area (Å²) in [5.41, 5.74) is 5.50. The molecule has 0 amide bonds. The topological polar surface area (TPSA) is 50.9 Å². The molecule has 4 aliphatic rings. The first-order valence-corrected chi connectivity index (χ1v) is 8.46. The van der Waals surface area contributed by atoms with Crippen molar-refractivity contribution < 1.29 is 0 Å². The monoisotopic (exact) mass is 285 g/mol. The molecule has 1 aromatic heterocycles. The predicted molar refractivity (Wildman–Crippen MR) is 84.3 cm³/mol. The standard InChI is InChI=1S/C18H27N3/c1-17-7-14-5-15(8-17)10-18(9-14,12-17)16(21-19)6-13-3-2-4-20-11-13/h2-4,11,14-16,21H,5-10,12,19H2,1H3. The summed E-state index contributed by atoms with van der Waals surface area (Å²) < 4.78 is 0. The SMILES string of the molecule is CC12CC3CC(C1)CC(C(Cc1cccnc1)NN)(C3)C2. The van der Waals surface area contributed by atoms with E-state index in [0.717, 1.165) is 18.3 Å². The lowest BCUT2D eigenvalue weighted by atomic mass is 9.43. The number of hydrogen-bond acceptors (Lipinski definition) is 3. The average Bonchev–Trinajstić information content (AvgIpc) is 2.43. The Bertz CT molecular complexity index is 498. The van der Waals surface area contributed by atoms with Crippen molar-refractivity contribution in [3.63, 3.8) is 0 Å². The van der Waals surface area contributed by atoms with Gasteiger partial charge in [-0.2, -0.15) is 0 Å². The van der Waals surface area contributed by atoms with Crippen LogP contribution in [-0.4, -0.2) is 11.0 Å². The molecule has 3 N–H and O–H groups in total. The molecule has 4 saturated carbocycles. The Kier molecular flexibility index (Phi) is 3.13. The Balaban J connectivity index is 1.61. The summed E-state index contributed by atoms with van der Waals surface area (Å²) in [6, 6.07) is 4.61. The highest BCUT2D eigenvalue weighted by molar-refractivity contribution is 5.15. The Morgan fingerprint density at radius 2 is 2.10 bits per heavy atom. The summed E-state index contributed by atoms with van der Waals surface area (Å²) in [6.45, 7) is 2.52. The van der Waals surface area contributed by atoms with Gasteiger partial charge < -0.3 is 0 Å². The molecule has 3 heteroatoms. The number of hydrogen-bond donors (Lipinski definition) is 2. The number of hydrazine groups is 1. The van der Waals surface area contributed by atoms with Crippen LogP contribution in [0.5, 0.6) is 0 Å². The molecule has 5 rings (SSSR count). The molecular formula is C18H27N3. The minimum Gasteiger partial charge on any atom is -0.271 e. The van der Waals surface area contributed by atoms with Crippen molar-refractivity contribution in [3.8, 4) is 0 Å². The number of aromatic nitrogens is 1. The molecule has 1 heterocycles. The Labute approximate surface area is 127 Å². The summed E-state index contributed by atoms with van der Waals surface area (Å²) in [7, 11) is 0. The normalized spacial score (nSPS) is 42.2. The summed E-state index contributed by atoms with van der Waals surface area (Å²) in [6.07, 6.45) is 13.4. The molecule has 21 heavy (non-hydrogen) atoms. The first-order valence-electron chi connectivity index (χ1n) is 8.46. The molecule has 4 aliphatic carbocycles. The van der Waals surface area contributed by atoms with Crippen LogP contribution in [0.4, 0.5) is 0 Å². The fourth-order valence-corrected chi connectivity index (χ4v) is 6.41. The lowest BCUT2D eigenvalue weighted by Gasteiger charge is -2.63. The van der Waals surface area contributed by atoms with Crippen LogP contribution in [-0.2, 0) is 6.42 Å². The van der Waals surface area contributed by atoms with E-state index in [1.807, 2.05) is 18.5 Å². The molecule has 3 unspecified atom stereocenters. The maximum Gasteiger partial charge on any atom is 0.0308 e. The van der Waals surface area contributed by atoms with Crippen LogP contribution in [0.1, 0.15) is 51.0 Å². The zero-order valence-electron chi connectivity index (χ0n) is 13.0. The highest BCUT2D eigenvalue weighted by Gasteiger charge is 2.58. The zero-order chi connectivity index (χ0) is 14.5. The van der Waals surface area contributed by atoms with Gasteiger partial charge >= 0.3 is 0 Å². The van der Waals surface area contributed by atoms with Gasteiger partial charge in [0.1, 0.15) is 0 Å². The van der Waals surface area contributed by atoms with Gasteiger partial charge in [-0.15, -0.1) is 0 Å². The number of rotatable bonds is 4. The summed E-state index contributed by atoms with van der Waals surface area (Å²) in [4.78, 5) is 4.26. The molecule has 0 spiro atoms. The van der Waals surface area contributed by atoms with Crippen LogP contribution < -0.4 is 11.3 Å². The number of nitrogens with zero attached hydrogens (tertiary/aromatic N) is 1. The molecule has 0 saturated heterocycles. The van der Waals surface area contributed by atoms with Crippen molar-refractivity contribution in [2.24, 2.45) is 28.5 Å². The Morgan fingerprint density at radius 3 is 2.67 bits per heavy atom. The lowest BCUT2D eigenvalue weighted by Crippen LogP contribution is -2.60. The van der Waals surface area contributed by atoms with Gasteiger partial charge in [-0.05, 0) is 79.2 Å². The van der Waals surface area contributed by atoms with Crippen LogP contribution in [0.25, 0.3) is 0 Å². The van der Waals surface area contributed by atoms with Gasteiger partial charge in [0.25, 0.3) is 0 Å².